The van der Waals surface area contributed by atoms with Crippen LogP contribution in [-0.2, 0) is 16.8 Å². The first-order valence-corrected chi connectivity index (χ1v) is 19.2. The van der Waals surface area contributed by atoms with Gasteiger partial charge in [-0.1, -0.05) is 141 Å². The topological polar surface area (TPSA) is 111 Å². The van der Waals surface area contributed by atoms with Crippen molar-refractivity contribution in [3.63, 3.8) is 0 Å². The Morgan fingerprint density at radius 3 is 1.52 bits per heavy atom. The number of aliphatic hydroxyl groups excluding tert-OH is 1. The van der Waals surface area contributed by atoms with Crippen molar-refractivity contribution in [3.8, 4) is 44.5 Å². The maximum absolute atomic E-state index is 14.0. The number of nitrogens with one attached hydrogen (secondary N) is 1. The Hall–Kier alpha value is -6.58. The Morgan fingerprint density at radius 1 is 0.586 bits per heavy atom. The predicted molar refractivity (Wildman–Crippen MR) is 232 cm³/mol. The summed E-state index contributed by atoms with van der Waals surface area (Å²) in [4.78, 5) is 24.3. The fraction of sp³-hybridized carbons (Fsp3) is 0.100. The van der Waals surface area contributed by atoms with Gasteiger partial charge < -0.3 is 20.2 Å². The second-order valence-corrected chi connectivity index (χ2v) is 14.5. The number of aromatic amines is 1. The molecule has 4 aromatic carbocycles. The van der Waals surface area contributed by atoms with Crippen LogP contribution in [0.3, 0.4) is 0 Å². The number of H-pyrrole nitrogens is 1. The second kappa shape index (κ2) is 16.5. The summed E-state index contributed by atoms with van der Waals surface area (Å²) in [5, 5.41) is 24.1. The van der Waals surface area contributed by atoms with Gasteiger partial charge in [0.15, 0.2) is 0 Å². The van der Waals surface area contributed by atoms with Crippen molar-refractivity contribution in [1.82, 2.24) is 19.9 Å². The van der Waals surface area contributed by atoms with E-state index < -0.39 is 11.9 Å². The van der Waals surface area contributed by atoms with Gasteiger partial charge in [0.05, 0.1) is 35.4 Å². The number of benzene rings is 4. The van der Waals surface area contributed by atoms with Gasteiger partial charge in [-0.25, -0.2) is 9.97 Å². The molecule has 1 radical (unpaired) electrons. The molecule has 0 spiro atoms. The number of hydrogen-bond donors (Lipinski definition) is 2. The molecule has 0 aliphatic carbocycles. The number of hydrogen-bond acceptors (Lipinski definition) is 5. The number of nitrogens with zero attached hydrogens (tertiary/aromatic N) is 4. The van der Waals surface area contributed by atoms with Crippen molar-refractivity contribution in [1.29, 1.82) is 0 Å². The van der Waals surface area contributed by atoms with Crippen LogP contribution < -0.4 is 10.1 Å². The molecule has 7 nitrogen and oxygen atoms in total. The van der Waals surface area contributed by atoms with Crippen LogP contribution in [0, 0.1) is 5.92 Å². The van der Waals surface area contributed by atoms with Crippen LogP contribution in [0.1, 0.15) is 42.2 Å². The zero-order valence-electron chi connectivity index (χ0n) is 31.9. The maximum Gasteiger partial charge on any atom is 2.00 e. The monoisotopic (exact) mass is 800 g/mol. The minimum atomic E-state index is -0.529. The zero-order chi connectivity index (χ0) is 38.9. The molecule has 7 aromatic rings. The average Bonchev–Trinajstić information content (AvgIpc) is 4.09. The van der Waals surface area contributed by atoms with Gasteiger partial charge in [-0.2, -0.15) is 0 Å². The van der Waals surface area contributed by atoms with Crippen molar-refractivity contribution in [3.05, 3.63) is 168 Å². The summed E-state index contributed by atoms with van der Waals surface area (Å²) in [6.45, 7) is 3.68. The summed E-state index contributed by atoms with van der Waals surface area (Å²) in [7, 11) is 0. The fourth-order valence-corrected chi connectivity index (χ4v) is 7.65. The summed E-state index contributed by atoms with van der Waals surface area (Å²) in [5.41, 5.74) is 13.9. The van der Waals surface area contributed by atoms with E-state index in [-0.39, 0.29) is 29.3 Å². The van der Waals surface area contributed by atoms with Gasteiger partial charge in [-0.05, 0) is 87.2 Å². The second-order valence-electron chi connectivity index (χ2n) is 14.5. The molecular weight excluding hydrogens is 762 g/mol. The third-order valence-corrected chi connectivity index (χ3v) is 10.5. The molecule has 2 aliphatic heterocycles. The van der Waals surface area contributed by atoms with Crippen molar-refractivity contribution in [2.75, 3.05) is 6.61 Å². The first-order chi connectivity index (χ1) is 28.0. The van der Waals surface area contributed by atoms with Gasteiger partial charge in [-0.3, -0.25) is 4.99 Å². The molecule has 0 saturated heterocycles. The van der Waals surface area contributed by atoms with Gasteiger partial charge in [0.25, 0.3) is 0 Å². The van der Waals surface area contributed by atoms with E-state index in [1.165, 1.54) is 0 Å². The minimum Gasteiger partial charge on any atom is -0.858 e. The molecule has 8 heteroatoms. The van der Waals surface area contributed by atoms with E-state index in [4.69, 9.17) is 15.0 Å². The molecule has 9 rings (SSSR count). The van der Waals surface area contributed by atoms with E-state index in [1.807, 2.05) is 111 Å². The Bertz CT molecular complexity index is 2840. The Kier molecular flexibility index (Phi) is 10.9. The van der Waals surface area contributed by atoms with Crippen LogP contribution >= 0.6 is 0 Å². The zero-order valence-corrected chi connectivity index (χ0v) is 33.0. The molecule has 0 amide bonds. The van der Waals surface area contributed by atoms with Crippen LogP contribution in [0.2, 0.25) is 0 Å². The molecule has 0 saturated carbocycles. The smallest absolute Gasteiger partial charge is 0.858 e. The summed E-state index contributed by atoms with van der Waals surface area (Å²) in [6, 6.07) is 46.0. The van der Waals surface area contributed by atoms with E-state index in [0.29, 0.717) is 27.9 Å². The number of fused-ring (bicyclic) bond motifs is 8. The standard InChI is InChI=1S/C50H40N5O2.Co/c1-31(2)45(30-56)55-50(57)36-21-13-12-20-35(36)49-43-28-26-41(53-43)47(33-16-8-4-9-17-33)39-24-22-37(51-39)46(32-14-6-3-7-15-32)38-23-25-40(52-38)48(34-18-10-5-11-19-34)42-27-29-44(49)54-42;/h3-29,31,45,56H,30H2,1-2H3,(H2-,51,52,53,54,55,57);/q-1;+2/p-1. The fourth-order valence-electron chi connectivity index (χ4n) is 7.65. The normalized spacial score (nSPS) is 12.8. The van der Waals surface area contributed by atoms with Crippen LogP contribution in [0.15, 0.2) is 145 Å². The van der Waals surface area contributed by atoms with E-state index in [1.54, 1.807) is 6.07 Å². The van der Waals surface area contributed by atoms with Crippen LogP contribution in [0.25, 0.3) is 90.9 Å². The molecule has 2 aliphatic rings. The summed E-state index contributed by atoms with van der Waals surface area (Å²) >= 11 is 0. The van der Waals surface area contributed by atoms with Crippen LogP contribution in [0.4, 0.5) is 0 Å². The summed E-state index contributed by atoms with van der Waals surface area (Å²) in [6.07, 6.45) is 8.18. The first-order valence-electron chi connectivity index (χ1n) is 19.2. The predicted octanol–water partition coefficient (Wildman–Crippen LogP) is 10.1. The molecule has 8 bridgehead atoms. The average molecular weight is 801 g/mol. The van der Waals surface area contributed by atoms with Gasteiger partial charge in [0.2, 0.25) is 0 Å². The molecule has 58 heavy (non-hydrogen) atoms. The summed E-state index contributed by atoms with van der Waals surface area (Å²) in [5.74, 6) is -0.415. The van der Waals surface area contributed by atoms with Crippen molar-refractivity contribution >= 4 is 52.3 Å². The van der Waals surface area contributed by atoms with E-state index in [9.17, 15) is 10.2 Å². The van der Waals surface area contributed by atoms with E-state index in [0.717, 1.165) is 67.0 Å². The Morgan fingerprint density at radius 2 is 1.02 bits per heavy atom. The van der Waals surface area contributed by atoms with Crippen molar-refractivity contribution < 1.29 is 27.0 Å². The van der Waals surface area contributed by atoms with Crippen LogP contribution in [-0.4, -0.2) is 38.6 Å². The van der Waals surface area contributed by atoms with E-state index in [2.05, 4.69) is 70.7 Å². The maximum atomic E-state index is 14.0. The number of rotatable bonds is 8. The third-order valence-electron chi connectivity index (χ3n) is 10.5. The van der Waals surface area contributed by atoms with Crippen molar-refractivity contribution in [2.45, 2.75) is 19.9 Å². The quantitative estimate of drug-likeness (QED) is 0.117. The molecule has 5 heterocycles. The number of aliphatic imine (C=N–C) groups is 1. The van der Waals surface area contributed by atoms with Gasteiger partial charge in [0.1, 0.15) is 0 Å². The number of aliphatic hydroxyl groups is 1. The minimum absolute atomic E-state index is 0. The van der Waals surface area contributed by atoms with Crippen LogP contribution in [0.5, 0.6) is 0 Å². The van der Waals surface area contributed by atoms with Crippen molar-refractivity contribution in [2.24, 2.45) is 10.9 Å². The Balaban J connectivity index is 0.00000469. The molecule has 1 atom stereocenters. The van der Waals surface area contributed by atoms with Gasteiger partial charge in [-0.15, -0.1) is 11.0 Å². The number of aromatic nitrogens is 4. The molecule has 285 valence electrons. The largest absolute Gasteiger partial charge is 2.00 e. The van der Waals surface area contributed by atoms with Gasteiger partial charge >= 0.3 is 16.8 Å². The SMILES string of the molecule is CC(C)C(CO)N=C([O-])c1ccccc1-c1c2nc(c(-c3ccccc3)c3ccc([nH]3)c(-c3ccccc3)c3nc(c(-c4ccccc4)c4ccc1[n-]4)C=C3)C=C2.[Co+2]. The molecule has 3 aromatic heterocycles. The van der Waals surface area contributed by atoms with E-state index >= 15 is 0 Å². The molecule has 0 fully saturated rings. The molecule has 1 unspecified atom stereocenters. The molecule has 2 N–H and O–H groups in total. The summed E-state index contributed by atoms with van der Waals surface area (Å²) < 4.78 is 0. The molecular formula is C50H39CoN5O2. The Labute approximate surface area is 347 Å². The third kappa shape index (κ3) is 7.25. The van der Waals surface area contributed by atoms with Gasteiger partial charge in [0, 0.05) is 22.2 Å². The first kappa shape index (κ1) is 38.3.